The lowest BCUT2D eigenvalue weighted by Crippen LogP contribution is -2.47. The fraction of sp³-hybridized carbons (Fsp3) is 0.826. The van der Waals surface area contributed by atoms with Crippen molar-refractivity contribution in [2.24, 2.45) is 0 Å². The molecule has 0 heterocycles. The number of hydrogen-bond acceptors (Lipinski definition) is 7. The van der Waals surface area contributed by atoms with Crippen LogP contribution >= 0.6 is 7.82 Å². The smallest absolute Gasteiger partial charge is 0.306 e. The van der Waals surface area contributed by atoms with Crippen molar-refractivity contribution in [2.45, 2.75) is 328 Å². The van der Waals surface area contributed by atoms with E-state index >= 15 is 0 Å². The number of allylic oxidation sites excluding steroid dienone is 9. The number of nitrogens with zero attached hydrogens (tertiary/aromatic N) is 1. The quantitative estimate of drug-likeness (QED) is 0.0212. The zero-order chi connectivity index (χ0) is 57.9. The van der Waals surface area contributed by atoms with E-state index in [2.05, 4.69) is 74.7 Å². The van der Waals surface area contributed by atoms with Gasteiger partial charge in [0.25, 0.3) is 7.82 Å². The van der Waals surface area contributed by atoms with Crippen molar-refractivity contribution in [1.29, 1.82) is 0 Å². The first-order valence-electron chi connectivity index (χ1n) is 33.6. The molecular formula is C69H129N2O7P. The molecule has 0 bridgehead atoms. The molecule has 0 fully saturated rings. The van der Waals surface area contributed by atoms with Crippen molar-refractivity contribution >= 4 is 19.7 Å². The highest BCUT2D eigenvalue weighted by Gasteiger charge is 2.27. The van der Waals surface area contributed by atoms with Crippen LogP contribution in [0.5, 0.6) is 0 Å². The number of carbonyl (C=O) groups excluding carboxylic acids is 2. The van der Waals surface area contributed by atoms with E-state index in [4.69, 9.17) is 13.8 Å². The van der Waals surface area contributed by atoms with Gasteiger partial charge in [0.2, 0.25) is 5.91 Å². The van der Waals surface area contributed by atoms with E-state index in [0.29, 0.717) is 17.4 Å². The van der Waals surface area contributed by atoms with Crippen LogP contribution < -0.4 is 10.2 Å². The first-order chi connectivity index (χ1) is 38.4. The van der Waals surface area contributed by atoms with Crippen molar-refractivity contribution in [3.8, 4) is 0 Å². The lowest BCUT2D eigenvalue weighted by atomic mass is 10.0. The van der Waals surface area contributed by atoms with Gasteiger partial charge in [0.15, 0.2) is 0 Å². The molecule has 0 rings (SSSR count). The highest BCUT2D eigenvalue weighted by Crippen LogP contribution is 2.38. The minimum absolute atomic E-state index is 0.0237. The zero-order valence-electron chi connectivity index (χ0n) is 52.8. The second kappa shape index (κ2) is 58.9. The van der Waals surface area contributed by atoms with E-state index in [1.807, 2.05) is 33.3 Å². The molecule has 1 N–H and O–H groups in total. The number of ether oxygens (including phenoxy) is 1. The molecule has 1 amide bonds. The number of phosphoric ester groups is 1. The second-order valence-corrected chi connectivity index (χ2v) is 25.4. The normalized spacial score (nSPS) is 14.0. The molecule has 79 heavy (non-hydrogen) atoms. The first-order valence-corrected chi connectivity index (χ1v) is 35.1. The molecule has 0 radical (unpaired) electrons. The number of likely N-dealkylation sites (N-methyl/N-ethyl adjacent to an activating group) is 1. The molecule has 0 aromatic carbocycles. The molecule has 0 saturated carbocycles. The van der Waals surface area contributed by atoms with E-state index in [9.17, 15) is 19.0 Å². The molecular weight excluding hydrogens is 1000 g/mol. The number of carbonyl (C=O) groups is 2. The molecule has 3 atom stereocenters. The number of nitrogens with one attached hydrogen (secondary N) is 1. The number of phosphoric acid groups is 1. The third-order valence-electron chi connectivity index (χ3n) is 14.9. The number of unbranched alkanes of at least 4 members (excludes halogenated alkanes) is 37. The summed E-state index contributed by atoms with van der Waals surface area (Å²) in [7, 11) is 1.19. The molecule has 9 nitrogen and oxygen atoms in total. The minimum Gasteiger partial charge on any atom is -0.756 e. The molecule has 0 aliphatic carbocycles. The molecule has 0 aliphatic heterocycles. The second-order valence-electron chi connectivity index (χ2n) is 24.0. The predicted molar refractivity (Wildman–Crippen MR) is 339 cm³/mol. The molecule has 10 heteroatoms. The van der Waals surface area contributed by atoms with Crippen LogP contribution in [0.25, 0.3) is 0 Å². The van der Waals surface area contributed by atoms with Gasteiger partial charge in [0.1, 0.15) is 19.3 Å². The maximum atomic E-state index is 13.6. The summed E-state index contributed by atoms with van der Waals surface area (Å²) in [5.74, 6) is -0.542. The lowest BCUT2D eigenvalue weighted by molar-refractivity contribution is -0.870. The van der Waals surface area contributed by atoms with E-state index in [0.717, 1.165) is 83.5 Å². The summed E-state index contributed by atoms with van der Waals surface area (Å²) >= 11 is 0. The Balaban J connectivity index is 5.05. The standard InChI is InChI=1S/C69H129N2O7P/c1-7-10-13-16-19-22-25-27-29-31-32-33-34-35-36-37-38-40-41-43-46-49-52-55-58-61-68(72)70-66(65-77-79(74,75)76-64-63-71(4,5)6)67(60-57-54-51-48-45-24-21-18-15-12-9-3)78-69(73)62-59-56-53-50-47-44-42-39-30-28-26-23-20-17-14-11-8-2/h19-20,22-23,27-30,57,60,66-67H,7-18,21,24-26,31-56,58-59,61-65H2,1-6H3,(H-,70,72,74,75)/b22-19-,23-20-,29-27-,30-28-,60-57-. The van der Waals surface area contributed by atoms with Gasteiger partial charge in [-0.3, -0.25) is 14.2 Å². The molecule has 462 valence electrons. The van der Waals surface area contributed by atoms with Gasteiger partial charge in [-0.25, -0.2) is 0 Å². The topological polar surface area (TPSA) is 114 Å². The average molecular weight is 1130 g/mol. The molecule has 0 saturated heterocycles. The van der Waals surface area contributed by atoms with Crippen LogP contribution in [0.2, 0.25) is 0 Å². The van der Waals surface area contributed by atoms with Gasteiger partial charge in [-0.15, -0.1) is 0 Å². The van der Waals surface area contributed by atoms with Gasteiger partial charge in [-0.2, -0.15) is 0 Å². The van der Waals surface area contributed by atoms with E-state index in [1.165, 1.54) is 199 Å². The van der Waals surface area contributed by atoms with Gasteiger partial charge in [-0.05, 0) is 96.0 Å². The molecule has 3 unspecified atom stereocenters. The Kier molecular flexibility index (Phi) is 57.2. The number of esters is 1. The fourth-order valence-corrected chi connectivity index (χ4v) is 10.4. The van der Waals surface area contributed by atoms with Crippen LogP contribution in [-0.4, -0.2) is 69.4 Å². The van der Waals surface area contributed by atoms with Crippen molar-refractivity contribution in [3.05, 3.63) is 60.8 Å². The third kappa shape index (κ3) is 60.1. The zero-order valence-corrected chi connectivity index (χ0v) is 53.7. The van der Waals surface area contributed by atoms with Crippen molar-refractivity contribution < 1.29 is 37.3 Å². The number of quaternary nitrogens is 1. The summed E-state index contributed by atoms with van der Waals surface area (Å²) in [6.07, 6.45) is 74.8. The SMILES string of the molecule is CCCCC/C=C\C/C=C\CCCCCCCCCCCCCCCCCC(=O)NC(COP(=O)([O-])OCC[N+](C)(C)C)C(/C=C\CCCCCCCCCCC)OC(=O)CCCCCCCCC/C=C\C/C=C\CCCCC. The highest BCUT2D eigenvalue weighted by atomic mass is 31.2. The Labute approximate surface area is 490 Å². The highest BCUT2D eigenvalue weighted by molar-refractivity contribution is 7.45. The average Bonchev–Trinajstić information content (AvgIpc) is 3.41. The minimum atomic E-state index is -4.70. The molecule has 0 aromatic rings. The summed E-state index contributed by atoms with van der Waals surface area (Å²) in [6, 6.07) is -0.892. The Morgan fingerprint density at radius 2 is 0.772 bits per heavy atom. The number of hydrogen-bond donors (Lipinski definition) is 1. The summed E-state index contributed by atoms with van der Waals surface area (Å²) < 4.78 is 30.4. The van der Waals surface area contributed by atoms with Crippen LogP contribution in [0.4, 0.5) is 0 Å². The van der Waals surface area contributed by atoms with Gasteiger partial charge in [-0.1, -0.05) is 268 Å². The third-order valence-corrected chi connectivity index (χ3v) is 15.9. The summed E-state index contributed by atoms with van der Waals surface area (Å²) in [6.45, 7) is 6.81. The summed E-state index contributed by atoms with van der Waals surface area (Å²) in [5.41, 5.74) is 0. The fourth-order valence-electron chi connectivity index (χ4n) is 9.70. The first kappa shape index (κ1) is 76.7. The van der Waals surface area contributed by atoms with Crippen molar-refractivity contribution in [1.82, 2.24) is 5.32 Å². The van der Waals surface area contributed by atoms with E-state index in [1.54, 1.807) is 0 Å². The van der Waals surface area contributed by atoms with Crippen LogP contribution in [-0.2, 0) is 27.9 Å². The lowest BCUT2D eigenvalue weighted by Gasteiger charge is -2.30. The summed E-state index contributed by atoms with van der Waals surface area (Å²) in [5, 5.41) is 3.04. The number of amides is 1. The predicted octanol–water partition coefficient (Wildman–Crippen LogP) is 20.4. The summed E-state index contributed by atoms with van der Waals surface area (Å²) in [4.78, 5) is 40.1. The van der Waals surface area contributed by atoms with Crippen LogP contribution in [0.3, 0.4) is 0 Å². The van der Waals surface area contributed by atoms with Crippen LogP contribution in [0.1, 0.15) is 316 Å². The Hall–Kier alpha value is -2.29. The van der Waals surface area contributed by atoms with Gasteiger partial charge in [0, 0.05) is 12.8 Å². The molecule has 0 spiro atoms. The van der Waals surface area contributed by atoms with Crippen molar-refractivity contribution in [2.75, 3.05) is 40.9 Å². The van der Waals surface area contributed by atoms with Gasteiger partial charge >= 0.3 is 5.97 Å². The maximum Gasteiger partial charge on any atom is 0.306 e. The monoisotopic (exact) mass is 1130 g/mol. The van der Waals surface area contributed by atoms with E-state index in [-0.39, 0.29) is 31.5 Å². The van der Waals surface area contributed by atoms with E-state index < -0.39 is 20.0 Å². The van der Waals surface area contributed by atoms with Crippen LogP contribution in [0.15, 0.2) is 60.8 Å². The maximum absolute atomic E-state index is 13.6. The molecule has 0 aromatic heterocycles. The van der Waals surface area contributed by atoms with Gasteiger partial charge in [0.05, 0.1) is 33.8 Å². The number of rotatable bonds is 61. The van der Waals surface area contributed by atoms with Crippen molar-refractivity contribution in [3.63, 3.8) is 0 Å². The Bertz CT molecular complexity index is 1540. The largest absolute Gasteiger partial charge is 0.756 e. The Morgan fingerprint density at radius 3 is 1.16 bits per heavy atom. The molecule has 0 aliphatic rings. The van der Waals surface area contributed by atoms with Gasteiger partial charge < -0.3 is 28.5 Å². The van der Waals surface area contributed by atoms with Crippen LogP contribution in [0, 0.1) is 0 Å². The Morgan fingerprint density at radius 1 is 0.443 bits per heavy atom.